The molecule has 112 valence electrons. The van der Waals surface area contributed by atoms with Crippen LogP contribution < -0.4 is 5.32 Å². The molecule has 0 radical (unpaired) electrons. The highest BCUT2D eigenvalue weighted by atomic mass is 16.1. The molecule has 0 aliphatic heterocycles. The van der Waals surface area contributed by atoms with Gasteiger partial charge < -0.3 is 9.88 Å². The molecule has 4 rings (SSSR count). The fourth-order valence-electron chi connectivity index (χ4n) is 2.82. The Bertz CT molecular complexity index is 998. The number of benzene rings is 3. The van der Waals surface area contributed by atoms with E-state index in [9.17, 15) is 4.79 Å². The van der Waals surface area contributed by atoms with E-state index in [-0.39, 0.29) is 12.5 Å². The molecule has 1 N–H and O–H groups in total. The molecule has 4 heteroatoms. The van der Waals surface area contributed by atoms with Crippen LogP contribution in [-0.4, -0.2) is 15.5 Å². The summed E-state index contributed by atoms with van der Waals surface area (Å²) in [5, 5.41) is 5.15. The lowest BCUT2D eigenvalue weighted by atomic mass is 10.1. The number of aromatic nitrogens is 2. The predicted molar refractivity (Wildman–Crippen MR) is 92.3 cm³/mol. The standard InChI is InChI=1S/C19H15N3O/c23-19(12-22-13-20-17-9-3-4-11-18(17)22)21-16-10-5-7-14-6-1-2-8-15(14)16/h1-11,13H,12H2,(H,21,23). The number of nitrogens with one attached hydrogen (secondary N) is 1. The number of rotatable bonds is 3. The van der Waals surface area contributed by atoms with Crippen molar-refractivity contribution >= 4 is 33.4 Å². The Labute approximate surface area is 133 Å². The summed E-state index contributed by atoms with van der Waals surface area (Å²) in [4.78, 5) is 16.7. The van der Waals surface area contributed by atoms with Crippen LogP contribution in [0.15, 0.2) is 73.1 Å². The van der Waals surface area contributed by atoms with Gasteiger partial charge in [0.1, 0.15) is 6.54 Å². The smallest absolute Gasteiger partial charge is 0.244 e. The van der Waals surface area contributed by atoms with Crippen LogP contribution in [0.2, 0.25) is 0 Å². The van der Waals surface area contributed by atoms with Crippen molar-refractivity contribution < 1.29 is 4.79 Å². The van der Waals surface area contributed by atoms with Crippen LogP contribution in [0.4, 0.5) is 5.69 Å². The lowest BCUT2D eigenvalue weighted by Crippen LogP contribution is -2.18. The van der Waals surface area contributed by atoms with Gasteiger partial charge in [0.2, 0.25) is 5.91 Å². The van der Waals surface area contributed by atoms with Crippen molar-refractivity contribution in [3.05, 3.63) is 73.1 Å². The van der Waals surface area contributed by atoms with E-state index in [4.69, 9.17) is 0 Å². The molecule has 0 saturated carbocycles. The van der Waals surface area contributed by atoms with E-state index in [0.717, 1.165) is 27.5 Å². The molecular weight excluding hydrogens is 286 g/mol. The molecular formula is C19H15N3O. The van der Waals surface area contributed by atoms with Gasteiger partial charge in [0.05, 0.1) is 17.4 Å². The molecule has 0 aliphatic rings. The monoisotopic (exact) mass is 301 g/mol. The Morgan fingerprint density at radius 3 is 2.70 bits per heavy atom. The van der Waals surface area contributed by atoms with Crippen LogP contribution in [0.25, 0.3) is 21.8 Å². The summed E-state index contributed by atoms with van der Waals surface area (Å²) in [6.45, 7) is 0.240. The van der Waals surface area contributed by atoms with Gasteiger partial charge in [0.15, 0.2) is 0 Å². The van der Waals surface area contributed by atoms with Gasteiger partial charge in [-0.2, -0.15) is 0 Å². The number of amides is 1. The van der Waals surface area contributed by atoms with Gasteiger partial charge in [-0.15, -0.1) is 0 Å². The quantitative estimate of drug-likeness (QED) is 0.625. The molecule has 0 unspecified atom stereocenters. The fourth-order valence-corrected chi connectivity index (χ4v) is 2.82. The van der Waals surface area contributed by atoms with Crippen LogP contribution in [-0.2, 0) is 11.3 Å². The highest BCUT2D eigenvalue weighted by Crippen LogP contribution is 2.23. The number of hydrogen-bond acceptors (Lipinski definition) is 2. The van der Waals surface area contributed by atoms with Crippen LogP contribution >= 0.6 is 0 Å². The van der Waals surface area contributed by atoms with Gasteiger partial charge in [-0.1, -0.05) is 48.5 Å². The van der Waals surface area contributed by atoms with Crippen molar-refractivity contribution in [1.82, 2.24) is 9.55 Å². The first-order valence-corrected chi connectivity index (χ1v) is 7.49. The lowest BCUT2D eigenvalue weighted by molar-refractivity contribution is -0.116. The fraction of sp³-hybridized carbons (Fsp3) is 0.0526. The molecule has 3 aromatic carbocycles. The molecule has 0 fully saturated rings. The van der Waals surface area contributed by atoms with Gasteiger partial charge in [0, 0.05) is 11.1 Å². The summed E-state index contributed by atoms with van der Waals surface area (Å²) in [6, 6.07) is 21.7. The molecule has 4 nitrogen and oxygen atoms in total. The maximum atomic E-state index is 12.4. The van der Waals surface area contributed by atoms with Crippen molar-refractivity contribution in [1.29, 1.82) is 0 Å². The number of fused-ring (bicyclic) bond motifs is 2. The molecule has 1 amide bonds. The highest BCUT2D eigenvalue weighted by molar-refractivity contribution is 6.02. The summed E-state index contributed by atoms with van der Waals surface area (Å²) < 4.78 is 1.86. The third kappa shape index (κ3) is 2.55. The number of carbonyl (C=O) groups is 1. The molecule has 1 heterocycles. The van der Waals surface area contributed by atoms with E-state index in [2.05, 4.69) is 10.3 Å². The maximum absolute atomic E-state index is 12.4. The van der Waals surface area contributed by atoms with Gasteiger partial charge >= 0.3 is 0 Å². The van der Waals surface area contributed by atoms with E-state index in [1.165, 1.54) is 0 Å². The number of hydrogen-bond donors (Lipinski definition) is 1. The zero-order chi connectivity index (χ0) is 15.6. The number of carbonyl (C=O) groups excluding carboxylic acids is 1. The number of para-hydroxylation sites is 2. The van der Waals surface area contributed by atoms with Crippen LogP contribution in [0.1, 0.15) is 0 Å². The Morgan fingerprint density at radius 2 is 1.74 bits per heavy atom. The van der Waals surface area contributed by atoms with Crippen molar-refractivity contribution in [2.75, 3.05) is 5.32 Å². The zero-order valence-corrected chi connectivity index (χ0v) is 12.4. The van der Waals surface area contributed by atoms with Crippen LogP contribution in [0, 0.1) is 0 Å². The zero-order valence-electron chi connectivity index (χ0n) is 12.4. The second-order valence-electron chi connectivity index (χ2n) is 5.44. The molecule has 4 aromatic rings. The molecule has 23 heavy (non-hydrogen) atoms. The SMILES string of the molecule is O=C(Cn1cnc2ccccc21)Nc1cccc2ccccc12. The normalized spacial score (nSPS) is 11.0. The Kier molecular flexibility index (Phi) is 3.27. The topological polar surface area (TPSA) is 46.9 Å². The van der Waals surface area contributed by atoms with Gasteiger partial charge in [-0.05, 0) is 23.6 Å². The first-order chi connectivity index (χ1) is 11.3. The summed E-state index contributed by atoms with van der Waals surface area (Å²) in [5.41, 5.74) is 2.68. The molecule has 0 bridgehead atoms. The Balaban J connectivity index is 1.60. The van der Waals surface area contributed by atoms with E-state index in [0.29, 0.717) is 0 Å². The number of nitrogens with zero attached hydrogens (tertiary/aromatic N) is 2. The van der Waals surface area contributed by atoms with Crippen molar-refractivity contribution in [2.24, 2.45) is 0 Å². The lowest BCUT2D eigenvalue weighted by Gasteiger charge is -2.09. The molecule has 0 spiro atoms. The first-order valence-electron chi connectivity index (χ1n) is 7.49. The van der Waals surface area contributed by atoms with Gasteiger partial charge in [-0.3, -0.25) is 4.79 Å². The average Bonchev–Trinajstić information content (AvgIpc) is 2.98. The van der Waals surface area contributed by atoms with Crippen LogP contribution in [0.5, 0.6) is 0 Å². The van der Waals surface area contributed by atoms with Crippen LogP contribution in [0.3, 0.4) is 0 Å². The molecule has 0 saturated heterocycles. The third-order valence-corrected chi connectivity index (χ3v) is 3.91. The van der Waals surface area contributed by atoms with E-state index < -0.39 is 0 Å². The largest absolute Gasteiger partial charge is 0.324 e. The second kappa shape index (κ2) is 5.57. The van der Waals surface area contributed by atoms with E-state index >= 15 is 0 Å². The maximum Gasteiger partial charge on any atom is 0.244 e. The molecule has 0 aliphatic carbocycles. The minimum absolute atomic E-state index is 0.0653. The van der Waals surface area contributed by atoms with E-state index in [1.54, 1.807) is 6.33 Å². The third-order valence-electron chi connectivity index (χ3n) is 3.91. The van der Waals surface area contributed by atoms with Gasteiger partial charge in [-0.25, -0.2) is 4.98 Å². The molecule has 0 atom stereocenters. The van der Waals surface area contributed by atoms with Gasteiger partial charge in [0.25, 0.3) is 0 Å². The summed E-state index contributed by atoms with van der Waals surface area (Å²) in [5.74, 6) is -0.0653. The first kappa shape index (κ1) is 13.5. The predicted octanol–water partition coefficient (Wildman–Crippen LogP) is 3.83. The number of imidazole rings is 1. The number of anilines is 1. The Morgan fingerprint density at radius 1 is 0.957 bits per heavy atom. The van der Waals surface area contributed by atoms with Crippen molar-refractivity contribution in [3.8, 4) is 0 Å². The van der Waals surface area contributed by atoms with Crippen molar-refractivity contribution in [3.63, 3.8) is 0 Å². The summed E-state index contributed by atoms with van der Waals surface area (Å²) in [7, 11) is 0. The average molecular weight is 301 g/mol. The summed E-state index contributed by atoms with van der Waals surface area (Å²) in [6.07, 6.45) is 1.70. The highest BCUT2D eigenvalue weighted by Gasteiger charge is 2.08. The minimum Gasteiger partial charge on any atom is -0.324 e. The Hall–Kier alpha value is -3.14. The summed E-state index contributed by atoms with van der Waals surface area (Å²) >= 11 is 0. The van der Waals surface area contributed by atoms with E-state index in [1.807, 2.05) is 71.3 Å². The second-order valence-corrected chi connectivity index (χ2v) is 5.44. The minimum atomic E-state index is -0.0653. The van der Waals surface area contributed by atoms with Crippen molar-refractivity contribution in [2.45, 2.75) is 6.54 Å². The molecule has 1 aromatic heterocycles.